The Hall–Kier alpha value is -4.45. The van der Waals surface area contributed by atoms with Crippen molar-refractivity contribution in [1.29, 1.82) is 0 Å². The third-order valence-electron chi connectivity index (χ3n) is 6.83. The first-order valence-electron chi connectivity index (χ1n) is 12.6. The van der Waals surface area contributed by atoms with E-state index < -0.39 is 11.1 Å². The van der Waals surface area contributed by atoms with Crippen LogP contribution in [-0.2, 0) is 36.8 Å². The molecule has 4 heterocycles. The number of nitrogens with zero attached hydrogens (tertiary/aromatic N) is 4. The first kappa shape index (κ1) is 27.1. The van der Waals surface area contributed by atoms with E-state index in [9.17, 15) is 19.7 Å². The first-order chi connectivity index (χ1) is 19.3. The molecule has 2 saturated heterocycles. The monoisotopic (exact) mass is 567 g/mol. The Morgan fingerprint density at radius 1 is 1.25 bits per heavy atom. The number of pyridine rings is 1. The Balaban J connectivity index is 0.000000170. The lowest BCUT2D eigenvalue weighted by Crippen LogP contribution is -2.30. The summed E-state index contributed by atoms with van der Waals surface area (Å²) in [5.74, 6) is -0.365. The molecule has 3 unspecified atom stereocenters. The van der Waals surface area contributed by atoms with E-state index in [1.807, 2.05) is 24.3 Å². The molecule has 2 aromatic rings. The normalized spacial score (nSPS) is 24.5. The van der Waals surface area contributed by atoms with Gasteiger partial charge in [0.15, 0.2) is 11.1 Å². The SMILES string of the molecule is CC1=CC(CO/C=C2/C(=O)OC3c4ccccc4CC23)OC1=O.O=[N+]([O-])/N=C1\NCCN1Cc1ccc(Cl)nc1. The van der Waals surface area contributed by atoms with Gasteiger partial charge in [-0.25, -0.2) is 24.7 Å². The van der Waals surface area contributed by atoms with Crippen molar-refractivity contribution in [2.24, 2.45) is 11.0 Å². The Kier molecular flexibility index (Phi) is 7.96. The zero-order chi connectivity index (χ0) is 28.2. The molecule has 0 saturated carbocycles. The molecule has 0 spiro atoms. The molecule has 40 heavy (non-hydrogen) atoms. The minimum absolute atomic E-state index is 0.00306. The van der Waals surface area contributed by atoms with Crippen molar-refractivity contribution in [2.75, 3.05) is 19.7 Å². The molecule has 3 aliphatic heterocycles. The molecule has 3 atom stereocenters. The molecular weight excluding hydrogens is 542 g/mol. The van der Waals surface area contributed by atoms with E-state index in [2.05, 4.69) is 21.5 Å². The maximum Gasteiger partial charge on any atom is 0.338 e. The lowest BCUT2D eigenvalue weighted by atomic mass is 9.98. The Morgan fingerprint density at radius 2 is 2.08 bits per heavy atom. The van der Waals surface area contributed by atoms with Crippen molar-refractivity contribution in [3.05, 3.63) is 98.0 Å². The Bertz CT molecular complexity index is 1410. The second kappa shape index (κ2) is 11.7. The van der Waals surface area contributed by atoms with Gasteiger partial charge in [0.1, 0.15) is 23.0 Å². The molecule has 12 nitrogen and oxygen atoms in total. The minimum Gasteiger partial charge on any atom is -0.496 e. The number of cyclic esters (lactones) is 1. The number of benzene rings is 1. The van der Waals surface area contributed by atoms with Gasteiger partial charge in [0.2, 0.25) is 0 Å². The average molecular weight is 568 g/mol. The molecule has 0 radical (unpaired) electrons. The summed E-state index contributed by atoms with van der Waals surface area (Å²) in [7, 11) is 0. The third-order valence-corrected chi connectivity index (χ3v) is 7.05. The number of ether oxygens (including phenoxy) is 3. The summed E-state index contributed by atoms with van der Waals surface area (Å²) in [4.78, 5) is 39.4. The number of guanidine groups is 1. The van der Waals surface area contributed by atoms with Crippen LogP contribution in [0, 0.1) is 16.0 Å². The predicted octanol–water partition coefficient (Wildman–Crippen LogP) is 2.92. The molecule has 0 amide bonds. The molecule has 2 fully saturated rings. The highest BCUT2D eigenvalue weighted by molar-refractivity contribution is 6.29. The van der Waals surface area contributed by atoms with Crippen molar-refractivity contribution < 1.29 is 28.8 Å². The van der Waals surface area contributed by atoms with Gasteiger partial charge >= 0.3 is 11.9 Å². The van der Waals surface area contributed by atoms with Gasteiger partial charge < -0.3 is 24.4 Å². The van der Waals surface area contributed by atoms with Gasteiger partial charge in [-0.15, -0.1) is 0 Å². The number of halogens is 1. The van der Waals surface area contributed by atoms with Crippen LogP contribution in [0.5, 0.6) is 0 Å². The topological polar surface area (TPSA) is 145 Å². The van der Waals surface area contributed by atoms with E-state index in [-0.39, 0.29) is 36.5 Å². The van der Waals surface area contributed by atoms with Crippen LogP contribution >= 0.6 is 11.6 Å². The summed E-state index contributed by atoms with van der Waals surface area (Å²) < 4.78 is 16.1. The third kappa shape index (κ3) is 6.07. The summed E-state index contributed by atoms with van der Waals surface area (Å²) >= 11 is 5.68. The summed E-state index contributed by atoms with van der Waals surface area (Å²) in [6.45, 7) is 3.74. The fraction of sp³-hybridized carbons (Fsp3) is 0.333. The number of nitro groups is 1. The number of carbonyl (C=O) groups is 2. The summed E-state index contributed by atoms with van der Waals surface area (Å²) in [6, 6.07) is 11.5. The second-order valence-corrected chi connectivity index (χ2v) is 9.92. The van der Waals surface area contributed by atoms with Gasteiger partial charge in [-0.2, -0.15) is 0 Å². The summed E-state index contributed by atoms with van der Waals surface area (Å²) in [5.41, 5.74) is 4.35. The number of nitrogens with one attached hydrogen (secondary N) is 1. The number of fused-ring (bicyclic) bond motifs is 3. The number of carbonyl (C=O) groups excluding carboxylic acids is 2. The van der Waals surface area contributed by atoms with Gasteiger partial charge in [0.05, 0.1) is 11.8 Å². The van der Waals surface area contributed by atoms with Gasteiger partial charge in [0.25, 0.3) is 5.96 Å². The Morgan fingerprint density at radius 3 is 2.80 bits per heavy atom. The van der Waals surface area contributed by atoms with Crippen LogP contribution in [0.15, 0.2) is 71.2 Å². The highest BCUT2D eigenvalue weighted by Crippen LogP contribution is 2.47. The van der Waals surface area contributed by atoms with Crippen molar-refractivity contribution in [3.63, 3.8) is 0 Å². The second-order valence-electron chi connectivity index (χ2n) is 9.53. The van der Waals surface area contributed by atoms with Crippen LogP contribution in [0.4, 0.5) is 0 Å². The van der Waals surface area contributed by atoms with Crippen molar-refractivity contribution in [3.8, 4) is 0 Å². The molecule has 1 aromatic carbocycles. The molecule has 13 heteroatoms. The van der Waals surface area contributed by atoms with Crippen LogP contribution in [0.25, 0.3) is 0 Å². The zero-order valence-electron chi connectivity index (χ0n) is 21.5. The predicted molar refractivity (Wildman–Crippen MR) is 142 cm³/mol. The molecule has 208 valence electrons. The molecular formula is C27H26ClN5O7. The number of rotatable bonds is 6. The van der Waals surface area contributed by atoms with Crippen molar-refractivity contribution in [2.45, 2.75) is 32.1 Å². The van der Waals surface area contributed by atoms with E-state index in [4.69, 9.17) is 25.8 Å². The van der Waals surface area contributed by atoms with Crippen molar-refractivity contribution >= 4 is 29.5 Å². The van der Waals surface area contributed by atoms with E-state index in [0.29, 0.717) is 35.9 Å². The lowest BCUT2D eigenvalue weighted by Gasteiger charge is -2.14. The molecule has 1 aromatic heterocycles. The number of hydrazone groups is 1. The lowest BCUT2D eigenvalue weighted by molar-refractivity contribution is -0.485. The zero-order valence-corrected chi connectivity index (χ0v) is 22.2. The van der Waals surface area contributed by atoms with Crippen LogP contribution in [0.3, 0.4) is 0 Å². The maximum atomic E-state index is 12.1. The summed E-state index contributed by atoms with van der Waals surface area (Å²) in [5, 5.41) is 16.2. The van der Waals surface area contributed by atoms with Crippen LogP contribution < -0.4 is 5.32 Å². The largest absolute Gasteiger partial charge is 0.496 e. The maximum absolute atomic E-state index is 12.1. The van der Waals surface area contributed by atoms with E-state index in [1.165, 1.54) is 11.8 Å². The van der Waals surface area contributed by atoms with Crippen LogP contribution in [0.1, 0.15) is 29.7 Å². The fourth-order valence-electron chi connectivity index (χ4n) is 4.94. The smallest absolute Gasteiger partial charge is 0.338 e. The van der Waals surface area contributed by atoms with E-state index >= 15 is 0 Å². The number of esters is 2. The number of hydrogen-bond acceptors (Lipinski definition) is 8. The number of hydrogen-bond donors (Lipinski definition) is 1. The van der Waals surface area contributed by atoms with E-state index in [1.54, 1.807) is 30.2 Å². The van der Waals surface area contributed by atoms with Gasteiger partial charge in [0, 0.05) is 37.3 Å². The molecule has 0 bridgehead atoms. The molecule has 4 aliphatic rings. The quantitative estimate of drug-likeness (QED) is 0.138. The van der Waals surface area contributed by atoms with Crippen LogP contribution in [0.2, 0.25) is 5.15 Å². The van der Waals surface area contributed by atoms with Crippen LogP contribution in [-0.4, -0.2) is 58.6 Å². The van der Waals surface area contributed by atoms with Crippen molar-refractivity contribution in [1.82, 2.24) is 15.2 Å². The fourth-order valence-corrected chi connectivity index (χ4v) is 5.06. The molecule has 1 N–H and O–H groups in total. The molecule has 6 rings (SSSR count). The average Bonchev–Trinajstić information content (AvgIpc) is 3.66. The standard InChI is InChI=1S/C18H16O5.C9H10ClN5O2/c1-10-6-12(22-17(10)19)8-21-9-15-14-7-11-4-2-3-5-13(11)16(14)23-18(15)20;10-8-2-1-7(5-12-8)6-14-4-3-11-9(14)13-15(16)17/h2-6,9,12,14,16H,7-8H2,1H3;1-2,5H,3-4,6H2,(H,11,13)/b15-9+;. The van der Waals surface area contributed by atoms with Gasteiger partial charge in [-0.1, -0.05) is 41.9 Å². The first-order valence-corrected chi connectivity index (χ1v) is 13.0. The highest BCUT2D eigenvalue weighted by Gasteiger charge is 2.46. The van der Waals surface area contributed by atoms with Gasteiger partial charge in [-0.05, 0) is 42.2 Å². The molecule has 1 aliphatic carbocycles. The highest BCUT2D eigenvalue weighted by atomic mass is 35.5. The van der Waals surface area contributed by atoms with Gasteiger partial charge in [-0.3, -0.25) is 0 Å². The number of aromatic nitrogens is 1. The summed E-state index contributed by atoms with van der Waals surface area (Å²) in [6.07, 6.45) is 5.01. The Labute approximate surface area is 234 Å². The minimum atomic E-state index is -0.708. The van der Waals surface area contributed by atoms with E-state index in [0.717, 1.165) is 17.5 Å².